The molecular formula is C31H38NO2+. The number of esters is 1. The molecule has 0 spiro atoms. The average Bonchev–Trinajstić information content (AvgIpc) is 2.90. The van der Waals surface area contributed by atoms with Crippen molar-refractivity contribution in [2.45, 2.75) is 63.9 Å². The fourth-order valence-electron chi connectivity index (χ4n) is 4.96. The Balaban J connectivity index is 1.39. The highest BCUT2D eigenvalue weighted by molar-refractivity contribution is 5.90. The van der Waals surface area contributed by atoms with Crippen molar-refractivity contribution in [2.75, 3.05) is 13.1 Å². The summed E-state index contributed by atoms with van der Waals surface area (Å²) in [5.74, 6) is -0.240. The lowest BCUT2D eigenvalue weighted by Gasteiger charge is -2.36. The van der Waals surface area contributed by atoms with Crippen LogP contribution in [0.4, 0.5) is 0 Å². The smallest absolute Gasteiger partial charge is 0.339 e. The lowest BCUT2D eigenvalue weighted by Crippen LogP contribution is -2.87. The first kappa shape index (κ1) is 24.2. The summed E-state index contributed by atoms with van der Waals surface area (Å²) in [6, 6.07) is 26.9. The van der Waals surface area contributed by atoms with Crippen LogP contribution in [-0.4, -0.2) is 19.1 Å². The van der Waals surface area contributed by atoms with E-state index in [4.69, 9.17) is 4.74 Å². The number of hydrogen-bond donors (Lipinski definition) is 1. The van der Waals surface area contributed by atoms with Crippen LogP contribution >= 0.6 is 0 Å². The highest BCUT2D eigenvalue weighted by Gasteiger charge is 2.39. The van der Waals surface area contributed by atoms with E-state index in [0.717, 1.165) is 43.5 Å². The molecular weight excluding hydrogens is 418 g/mol. The summed E-state index contributed by atoms with van der Waals surface area (Å²) >= 11 is 0. The standard InChI is InChI=1S/C31H37NO2/c1-2-3-4-5-7-10-25-13-15-26(16-14-25)27-17-19-28(20-18-27)30(33)34-31(21-23-32-24-22-31)29-11-8-6-9-12-29/h6,8-9,11-20,32H,2-5,7,10,21-24H2,1H3/p+1. The summed E-state index contributed by atoms with van der Waals surface area (Å²) in [6.07, 6.45) is 9.38. The van der Waals surface area contributed by atoms with Crippen molar-refractivity contribution < 1.29 is 14.8 Å². The molecule has 1 aliphatic rings. The van der Waals surface area contributed by atoms with Gasteiger partial charge >= 0.3 is 5.97 Å². The molecule has 3 heteroatoms. The first-order chi connectivity index (χ1) is 16.7. The van der Waals surface area contributed by atoms with Crippen molar-refractivity contribution in [1.82, 2.24) is 0 Å². The zero-order valence-corrected chi connectivity index (χ0v) is 20.5. The Labute approximate surface area is 204 Å². The minimum absolute atomic E-state index is 0.240. The van der Waals surface area contributed by atoms with Gasteiger partial charge in [0.2, 0.25) is 0 Å². The molecule has 0 amide bonds. The molecule has 3 nitrogen and oxygen atoms in total. The van der Waals surface area contributed by atoms with E-state index in [0.29, 0.717) is 5.56 Å². The molecule has 2 N–H and O–H groups in total. The summed E-state index contributed by atoms with van der Waals surface area (Å²) in [4.78, 5) is 13.1. The number of rotatable bonds is 10. The van der Waals surface area contributed by atoms with Gasteiger partial charge in [-0.25, -0.2) is 4.79 Å². The Bertz CT molecular complexity index is 1020. The summed E-state index contributed by atoms with van der Waals surface area (Å²) < 4.78 is 6.22. The molecule has 0 saturated carbocycles. The van der Waals surface area contributed by atoms with Crippen molar-refractivity contribution in [2.24, 2.45) is 0 Å². The van der Waals surface area contributed by atoms with E-state index in [1.807, 2.05) is 42.5 Å². The lowest BCUT2D eigenvalue weighted by atomic mass is 9.84. The number of quaternary nitrogens is 1. The first-order valence-electron chi connectivity index (χ1n) is 13.0. The fraction of sp³-hybridized carbons (Fsp3) is 0.387. The Hall–Kier alpha value is -2.91. The molecule has 0 aromatic heterocycles. The quantitative estimate of drug-likeness (QED) is 0.288. The van der Waals surface area contributed by atoms with Crippen molar-refractivity contribution >= 4 is 5.97 Å². The van der Waals surface area contributed by atoms with Crippen LogP contribution in [-0.2, 0) is 16.8 Å². The minimum atomic E-state index is -0.530. The molecule has 1 fully saturated rings. The number of carbonyl (C=O) groups is 1. The monoisotopic (exact) mass is 456 g/mol. The van der Waals surface area contributed by atoms with Gasteiger partial charge in [-0.3, -0.25) is 0 Å². The number of hydrogen-bond acceptors (Lipinski definition) is 2. The molecule has 0 atom stereocenters. The van der Waals surface area contributed by atoms with Gasteiger partial charge in [-0.2, -0.15) is 0 Å². The predicted octanol–water partition coefficient (Wildman–Crippen LogP) is 6.28. The molecule has 4 rings (SSSR count). The van der Waals surface area contributed by atoms with Gasteiger partial charge in [0.25, 0.3) is 0 Å². The van der Waals surface area contributed by atoms with Crippen LogP contribution in [0.5, 0.6) is 0 Å². The highest BCUT2D eigenvalue weighted by atomic mass is 16.6. The predicted molar refractivity (Wildman–Crippen MR) is 139 cm³/mol. The van der Waals surface area contributed by atoms with E-state index < -0.39 is 5.60 Å². The van der Waals surface area contributed by atoms with Crippen LogP contribution < -0.4 is 5.32 Å². The Morgan fingerprint density at radius 3 is 2.06 bits per heavy atom. The number of ether oxygens (including phenoxy) is 1. The topological polar surface area (TPSA) is 42.9 Å². The molecule has 1 heterocycles. The zero-order valence-electron chi connectivity index (χ0n) is 20.5. The third-order valence-electron chi connectivity index (χ3n) is 7.07. The molecule has 34 heavy (non-hydrogen) atoms. The average molecular weight is 457 g/mol. The number of aryl methyl sites for hydroxylation is 1. The third kappa shape index (κ3) is 6.15. The van der Waals surface area contributed by atoms with Gasteiger partial charge in [0.1, 0.15) is 5.60 Å². The van der Waals surface area contributed by atoms with Crippen molar-refractivity contribution in [3.63, 3.8) is 0 Å². The van der Waals surface area contributed by atoms with E-state index >= 15 is 0 Å². The SMILES string of the molecule is CCCCCCCc1ccc(-c2ccc(C(=O)OC3(c4ccccc4)CC[NH2+]CC3)cc2)cc1. The number of piperidine rings is 1. The zero-order chi connectivity index (χ0) is 23.6. The van der Waals surface area contributed by atoms with Crippen LogP contribution in [0.25, 0.3) is 11.1 Å². The van der Waals surface area contributed by atoms with Gasteiger partial charge < -0.3 is 10.1 Å². The first-order valence-corrected chi connectivity index (χ1v) is 13.0. The Morgan fingerprint density at radius 1 is 0.794 bits per heavy atom. The molecule has 1 aliphatic heterocycles. The van der Waals surface area contributed by atoms with Gasteiger partial charge in [-0.1, -0.05) is 99.3 Å². The van der Waals surface area contributed by atoms with Crippen LogP contribution in [0.1, 0.15) is 73.4 Å². The largest absolute Gasteiger partial charge is 0.450 e. The second-order valence-corrected chi connectivity index (χ2v) is 9.55. The fourth-order valence-corrected chi connectivity index (χ4v) is 4.96. The molecule has 0 radical (unpaired) electrons. The van der Waals surface area contributed by atoms with Crippen LogP contribution in [0.2, 0.25) is 0 Å². The third-order valence-corrected chi connectivity index (χ3v) is 7.07. The van der Waals surface area contributed by atoms with Crippen molar-refractivity contribution in [1.29, 1.82) is 0 Å². The molecule has 3 aromatic rings. The minimum Gasteiger partial charge on any atom is -0.450 e. The van der Waals surface area contributed by atoms with Gasteiger partial charge in [0.15, 0.2) is 0 Å². The molecule has 3 aromatic carbocycles. The lowest BCUT2D eigenvalue weighted by molar-refractivity contribution is -0.668. The number of benzene rings is 3. The second-order valence-electron chi connectivity index (χ2n) is 9.55. The van der Waals surface area contributed by atoms with Gasteiger partial charge in [0, 0.05) is 12.8 Å². The maximum Gasteiger partial charge on any atom is 0.339 e. The maximum absolute atomic E-state index is 13.1. The Morgan fingerprint density at radius 2 is 1.41 bits per heavy atom. The normalized spacial score (nSPS) is 15.1. The van der Waals surface area contributed by atoms with E-state index in [2.05, 4.69) is 48.6 Å². The van der Waals surface area contributed by atoms with E-state index in [1.54, 1.807) is 0 Å². The summed E-state index contributed by atoms with van der Waals surface area (Å²) in [5, 5.41) is 2.29. The number of unbranched alkanes of at least 4 members (excludes halogenated alkanes) is 4. The van der Waals surface area contributed by atoms with Crippen molar-refractivity contribution in [3.05, 3.63) is 95.6 Å². The molecule has 1 saturated heterocycles. The Kier molecular flexibility index (Phi) is 8.54. The van der Waals surface area contributed by atoms with Crippen LogP contribution in [0.15, 0.2) is 78.9 Å². The highest BCUT2D eigenvalue weighted by Crippen LogP contribution is 2.34. The van der Waals surface area contributed by atoms with Gasteiger partial charge in [0.05, 0.1) is 18.7 Å². The molecule has 0 aliphatic carbocycles. The van der Waals surface area contributed by atoms with E-state index in [1.165, 1.54) is 43.2 Å². The van der Waals surface area contributed by atoms with Gasteiger partial charge in [-0.05, 0) is 47.2 Å². The van der Waals surface area contributed by atoms with Crippen molar-refractivity contribution in [3.8, 4) is 11.1 Å². The van der Waals surface area contributed by atoms with Crippen LogP contribution in [0, 0.1) is 0 Å². The van der Waals surface area contributed by atoms with E-state index in [-0.39, 0.29) is 5.97 Å². The summed E-state index contributed by atoms with van der Waals surface area (Å²) in [6.45, 7) is 4.19. The second kappa shape index (κ2) is 12.0. The molecule has 0 bridgehead atoms. The summed E-state index contributed by atoms with van der Waals surface area (Å²) in [5.41, 5.74) is 4.87. The van der Waals surface area contributed by atoms with E-state index in [9.17, 15) is 4.79 Å². The summed E-state index contributed by atoms with van der Waals surface area (Å²) in [7, 11) is 0. The molecule has 0 unspecified atom stereocenters. The molecule has 178 valence electrons. The number of nitrogens with two attached hydrogens (primary N) is 1. The van der Waals surface area contributed by atoms with Gasteiger partial charge in [-0.15, -0.1) is 0 Å². The van der Waals surface area contributed by atoms with Crippen LogP contribution in [0.3, 0.4) is 0 Å². The maximum atomic E-state index is 13.1. The number of carbonyl (C=O) groups excluding carboxylic acids is 1.